The van der Waals surface area contributed by atoms with Crippen LogP contribution in [0.5, 0.6) is 0 Å². The van der Waals surface area contributed by atoms with Gasteiger partial charge in [-0.2, -0.15) is 0 Å². The first-order chi connectivity index (χ1) is 8.01. The Labute approximate surface area is 104 Å². The highest BCUT2D eigenvalue weighted by Crippen LogP contribution is 2.11. The fourth-order valence-corrected chi connectivity index (χ4v) is 1.39. The van der Waals surface area contributed by atoms with Gasteiger partial charge in [-0.15, -0.1) is 0 Å². The molecular weight excluding hydrogens is 216 g/mol. The van der Waals surface area contributed by atoms with Gasteiger partial charge in [0.25, 0.3) is 0 Å². The minimum Gasteiger partial charge on any atom is -0.469 e. The molecule has 0 aromatic rings. The molecule has 0 amide bonds. The molecule has 0 spiro atoms. The predicted molar refractivity (Wildman–Crippen MR) is 69.6 cm³/mol. The lowest BCUT2D eigenvalue weighted by atomic mass is 10.0. The highest BCUT2D eigenvalue weighted by molar-refractivity contribution is 5.71. The van der Waals surface area contributed by atoms with Crippen LogP contribution in [0.3, 0.4) is 0 Å². The van der Waals surface area contributed by atoms with Crippen LogP contribution in [0.2, 0.25) is 0 Å². The first-order valence-electron chi connectivity index (χ1n) is 6.01. The molecule has 3 heteroatoms. The lowest BCUT2D eigenvalue weighted by molar-refractivity contribution is -0.144. The third kappa shape index (κ3) is 7.75. The Kier molecular flexibility index (Phi) is 8.42. The summed E-state index contributed by atoms with van der Waals surface area (Å²) in [6.07, 6.45) is 6.75. The largest absolute Gasteiger partial charge is 0.469 e. The molecule has 0 bridgehead atoms. The molecule has 0 heterocycles. The Morgan fingerprint density at radius 1 is 1.29 bits per heavy atom. The molecule has 0 aliphatic rings. The Hall–Kier alpha value is -1.09. The summed E-state index contributed by atoms with van der Waals surface area (Å²) in [5, 5.41) is 8.83. The Balaban J connectivity index is 3.98. The van der Waals surface area contributed by atoms with E-state index < -0.39 is 0 Å². The van der Waals surface area contributed by atoms with E-state index in [1.54, 1.807) is 0 Å². The molecule has 17 heavy (non-hydrogen) atoms. The van der Waals surface area contributed by atoms with Gasteiger partial charge in [0.2, 0.25) is 0 Å². The molecule has 3 nitrogen and oxygen atoms in total. The van der Waals surface area contributed by atoms with Gasteiger partial charge in [0.1, 0.15) is 0 Å². The number of carbonyl (C=O) groups is 1. The van der Waals surface area contributed by atoms with Crippen molar-refractivity contribution in [2.24, 2.45) is 5.92 Å². The molecule has 0 saturated carbocycles. The lowest BCUT2D eigenvalue weighted by Gasteiger charge is -2.06. The zero-order valence-corrected chi connectivity index (χ0v) is 11.3. The van der Waals surface area contributed by atoms with Crippen molar-refractivity contribution in [3.8, 4) is 0 Å². The maximum absolute atomic E-state index is 11.2. The summed E-state index contributed by atoms with van der Waals surface area (Å²) in [5.41, 5.74) is 2.27. The van der Waals surface area contributed by atoms with Crippen molar-refractivity contribution in [3.63, 3.8) is 0 Å². The Bertz CT molecular complexity index is 290. The average molecular weight is 240 g/mol. The number of hydrogen-bond donors (Lipinski definition) is 1. The number of rotatable bonds is 7. The molecule has 1 atom stereocenters. The van der Waals surface area contributed by atoms with Gasteiger partial charge in [-0.25, -0.2) is 0 Å². The molecule has 0 rings (SSSR count). The van der Waals surface area contributed by atoms with Crippen molar-refractivity contribution in [1.29, 1.82) is 0 Å². The van der Waals surface area contributed by atoms with Crippen LogP contribution in [0.15, 0.2) is 23.3 Å². The molecule has 0 aliphatic heterocycles. The highest BCUT2D eigenvalue weighted by atomic mass is 16.5. The number of methoxy groups -OCH3 is 1. The van der Waals surface area contributed by atoms with Crippen LogP contribution in [-0.4, -0.2) is 24.8 Å². The molecule has 0 aromatic heterocycles. The van der Waals surface area contributed by atoms with E-state index in [0.717, 1.165) is 24.8 Å². The number of hydrogen-bond acceptors (Lipinski definition) is 3. The topological polar surface area (TPSA) is 46.5 Å². The van der Waals surface area contributed by atoms with Gasteiger partial charge < -0.3 is 9.84 Å². The number of esters is 1. The van der Waals surface area contributed by atoms with Gasteiger partial charge in [0.15, 0.2) is 0 Å². The number of carbonyl (C=O) groups excluding carboxylic acids is 1. The zero-order chi connectivity index (χ0) is 13.3. The maximum Gasteiger partial charge on any atom is 0.308 e. The summed E-state index contributed by atoms with van der Waals surface area (Å²) in [6.45, 7) is 5.97. The fourth-order valence-electron chi connectivity index (χ4n) is 1.39. The van der Waals surface area contributed by atoms with E-state index in [0.29, 0.717) is 0 Å². The van der Waals surface area contributed by atoms with Gasteiger partial charge in [0.05, 0.1) is 19.6 Å². The summed E-state index contributed by atoms with van der Waals surface area (Å²) >= 11 is 0. The second kappa shape index (κ2) is 8.99. The highest BCUT2D eigenvalue weighted by Gasteiger charge is 2.10. The van der Waals surface area contributed by atoms with Crippen LogP contribution in [0.4, 0.5) is 0 Å². The molecule has 98 valence electrons. The third-order valence-electron chi connectivity index (χ3n) is 2.70. The minimum absolute atomic E-state index is 0.0790. The van der Waals surface area contributed by atoms with Crippen LogP contribution < -0.4 is 0 Å². The monoisotopic (exact) mass is 240 g/mol. The van der Waals surface area contributed by atoms with Gasteiger partial charge >= 0.3 is 5.97 Å². The lowest BCUT2D eigenvalue weighted by Crippen LogP contribution is -2.11. The quantitative estimate of drug-likeness (QED) is 0.550. The SMILES string of the molecule is COC(=O)C(C)C/C=C(\C)CC/C=C(\C)CO. The second-order valence-corrected chi connectivity index (χ2v) is 4.46. The van der Waals surface area contributed by atoms with Crippen molar-refractivity contribution in [3.05, 3.63) is 23.3 Å². The first-order valence-corrected chi connectivity index (χ1v) is 6.01. The van der Waals surface area contributed by atoms with Crippen molar-refractivity contribution in [1.82, 2.24) is 0 Å². The number of aliphatic hydroxyl groups excluding tert-OH is 1. The van der Waals surface area contributed by atoms with Gasteiger partial charge in [0, 0.05) is 0 Å². The molecule has 0 radical (unpaired) electrons. The van der Waals surface area contributed by atoms with Crippen LogP contribution in [-0.2, 0) is 9.53 Å². The zero-order valence-electron chi connectivity index (χ0n) is 11.3. The van der Waals surface area contributed by atoms with Crippen LogP contribution >= 0.6 is 0 Å². The van der Waals surface area contributed by atoms with E-state index in [1.165, 1.54) is 12.7 Å². The third-order valence-corrected chi connectivity index (χ3v) is 2.70. The average Bonchev–Trinajstić information content (AvgIpc) is 2.34. The Morgan fingerprint density at radius 2 is 1.94 bits per heavy atom. The summed E-state index contributed by atoms with van der Waals surface area (Å²) < 4.78 is 4.67. The minimum atomic E-state index is -0.162. The number of allylic oxidation sites excluding steroid dienone is 3. The van der Waals surface area contributed by atoms with Gasteiger partial charge in [-0.3, -0.25) is 4.79 Å². The van der Waals surface area contributed by atoms with E-state index in [9.17, 15) is 4.79 Å². The van der Waals surface area contributed by atoms with Crippen molar-refractivity contribution in [2.45, 2.75) is 40.0 Å². The van der Waals surface area contributed by atoms with Gasteiger partial charge in [-0.05, 0) is 33.1 Å². The summed E-state index contributed by atoms with van der Waals surface area (Å²) in [6, 6.07) is 0. The molecule has 1 unspecified atom stereocenters. The smallest absolute Gasteiger partial charge is 0.308 e. The molecule has 0 aliphatic carbocycles. The Morgan fingerprint density at radius 3 is 2.47 bits per heavy atom. The van der Waals surface area contributed by atoms with Crippen LogP contribution in [0.25, 0.3) is 0 Å². The standard InChI is InChI=1S/C14H24O3/c1-11(6-5-7-12(2)10-15)8-9-13(3)14(16)17-4/h7-8,13,15H,5-6,9-10H2,1-4H3/b11-8+,12-7+. The molecular formula is C14H24O3. The summed E-state index contributed by atoms with van der Waals surface area (Å²) in [5.74, 6) is -0.241. The second-order valence-electron chi connectivity index (χ2n) is 4.46. The van der Waals surface area contributed by atoms with Gasteiger partial charge in [-0.1, -0.05) is 30.2 Å². The number of aliphatic hydroxyl groups is 1. The van der Waals surface area contributed by atoms with E-state index in [2.05, 4.69) is 17.7 Å². The number of ether oxygens (including phenoxy) is 1. The normalized spacial score (nSPS) is 14.6. The van der Waals surface area contributed by atoms with Crippen molar-refractivity contribution < 1.29 is 14.6 Å². The van der Waals surface area contributed by atoms with Crippen LogP contribution in [0.1, 0.15) is 40.0 Å². The summed E-state index contributed by atoms with van der Waals surface area (Å²) in [7, 11) is 1.41. The molecule has 0 aromatic carbocycles. The summed E-state index contributed by atoms with van der Waals surface area (Å²) in [4.78, 5) is 11.2. The van der Waals surface area contributed by atoms with E-state index in [-0.39, 0.29) is 18.5 Å². The molecule has 0 fully saturated rings. The fraction of sp³-hybridized carbons (Fsp3) is 0.643. The van der Waals surface area contributed by atoms with E-state index in [4.69, 9.17) is 5.11 Å². The predicted octanol–water partition coefficient (Wildman–Crippen LogP) is 2.85. The van der Waals surface area contributed by atoms with Crippen LogP contribution in [0, 0.1) is 5.92 Å². The van der Waals surface area contributed by atoms with Crippen molar-refractivity contribution >= 4 is 5.97 Å². The molecule has 0 saturated heterocycles. The molecule has 1 N–H and O–H groups in total. The maximum atomic E-state index is 11.2. The van der Waals surface area contributed by atoms with E-state index >= 15 is 0 Å². The first kappa shape index (κ1) is 15.9. The van der Waals surface area contributed by atoms with E-state index in [1.807, 2.05) is 19.9 Å². The van der Waals surface area contributed by atoms with Crippen molar-refractivity contribution in [2.75, 3.05) is 13.7 Å².